The molecule has 0 aliphatic carbocycles. The molecule has 0 spiro atoms. The van der Waals surface area contributed by atoms with Crippen LogP contribution in [0.2, 0.25) is 0 Å². The summed E-state index contributed by atoms with van der Waals surface area (Å²) < 4.78 is 12.6. The lowest BCUT2D eigenvalue weighted by Crippen LogP contribution is -2.37. The van der Waals surface area contributed by atoms with Gasteiger partial charge in [-0.15, -0.1) is 0 Å². The molecule has 0 aromatic carbocycles. The number of amides is 2. The number of rotatable bonds is 9. The third-order valence-electron chi connectivity index (χ3n) is 5.08. The maximum Gasteiger partial charge on any atom is 0.263 e. The summed E-state index contributed by atoms with van der Waals surface area (Å²) in [5.41, 5.74) is 1.81. The molecule has 0 radical (unpaired) electrons. The summed E-state index contributed by atoms with van der Waals surface area (Å²) in [6, 6.07) is 3.83. The van der Waals surface area contributed by atoms with E-state index in [1.807, 2.05) is 28.9 Å². The molecule has 0 bridgehead atoms. The minimum atomic E-state index is -0.226. The van der Waals surface area contributed by atoms with Crippen LogP contribution in [-0.2, 0) is 20.8 Å². The number of pyridine rings is 1. The van der Waals surface area contributed by atoms with E-state index >= 15 is 0 Å². The minimum Gasteiger partial charge on any atom is -0.384 e. The molecule has 4 rings (SSSR count). The van der Waals surface area contributed by atoms with Gasteiger partial charge in [-0.3, -0.25) is 14.5 Å². The van der Waals surface area contributed by atoms with Gasteiger partial charge in [0.05, 0.1) is 31.9 Å². The van der Waals surface area contributed by atoms with E-state index in [-0.39, 0.29) is 24.3 Å². The van der Waals surface area contributed by atoms with E-state index < -0.39 is 0 Å². The highest BCUT2D eigenvalue weighted by Crippen LogP contribution is 2.25. The largest absolute Gasteiger partial charge is 0.384 e. The van der Waals surface area contributed by atoms with Crippen molar-refractivity contribution < 1.29 is 19.1 Å². The summed E-state index contributed by atoms with van der Waals surface area (Å²) in [6.07, 6.45) is 9.17. The number of ether oxygens (including phenoxy) is 2. The molecule has 1 aliphatic heterocycles. The second-order valence-corrected chi connectivity index (χ2v) is 8.31. The molecule has 164 valence electrons. The lowest BCUT2D eigenvalue weighted by atomic mass is 10.2. The van der Waals surface area contributed by atoms with E-state index in [9.17, 15) is 9.59 Å². The van der Waals surface area contributed by atoms with Crippen LogP contribution in [0.15, 0.2) is 36.9 Å². The van der Waals surface area contributed by atoms with Gasteiger partial charge in [0.25, 0.3) is 5.91 Å². The molecule has 1 saturated heterocycles. The fourth-order valence-corrected chi connectivity index (χ4v) is 4.30. The first-order valence-corrected chi connectivity index (χ1v) is 11.0. The van der Waals surface area contributed by atoms with E-state index in [0.717, 1.165) is 24.1 Å². The first kappa shape index (κ1) is 21.4. The van der Waals surface area contributed by atoms with Gasteiger partial charge < -0.3 is 19.2 Å². The Balaban J connectivity index is 1.41. The van der Waals surface area contributed by atoms with Crippen LogP contribution in [0, 0.1) is 0 Å². The van der Waals surface area contributed by atoms with E-state index in [1.165, 1.54) is 17.5 Å². The highest BCUT2D eigenvalue weighted by atomic mass is 32.1. The van der Waals surface area contributed by atoms with Crippen molar-refractivity contribution in [2.75, 3.05) is 31.8 Å². The smallest absolute Gasteiger partial charge is 0.263 e. The Labute approximate surface area is 184 Å². The second-order valence-electron chi connectivity index (χ2n) is 7.30. The van der Waals surface area contributed by atoms with Crippen molar-refractivity contribution in [1.82, 2.24) is 19.7 Å². The fraction of sp³-hybridized carbons (Fsp3) is 0.429. The number of nitrogens with one attached hydrogen (secondary N) is 1. The zero-order valence-electron chi connectivity index (χ0n) is 17.3. The van der Waals surface area contributed by atoms with Gasteiger partial charge in [-0.25, -0.2) is 9.97 Å². The molecular formula is C21H25N5O4S. The van der Waals surface area contributed by atoms with Crippen molar-refractivity contribution in [1.29, 1.82) is 0 Å². The Morgan fingerprint density at radius 2 is 2.29 bits per heavy atom. The minimum absolute atomic E-state index is 0.00855. The van der Waals surface area contributed by atoms with Crippen LogP contribution in [0.3, 0.4) is 0 Å². The second kappa shape index (κ2) is 9.99. The molecule has 3 aromatic heterocycles. The number of thiazole rings is 1. The monoisotopic (exact) mass is 443 g/mol. The third kappa shape index (κ3) is 5.27. The summed E-state index contributed by atoms with van der Waals surface area (Å²) in [4.78, 5) is 36.0. The molecule has 31 heavy (non-hydrogen) atoms. The van der Waals surface area contributed by atoms with Gasteiger partial charge in [-0.05, 0) is 24.5 Å². The molecule has 0 unspecified atom stereocenters. The number of hydrogen-bond donors (Lipinski definition) is 1. The lowest BCUT2D eigenvalue weighted by molar-refractivity contribution is -0.119. The summed E-state index contributed by atoms with van der Waals surface area (Å²) in [5.74, 6) is -0.317. The number of methoxy groups -OCH3 is 1. The Kier molecular flexibility index (Phi) is 6.90. The molecule has 10 heteroatoms. The molecule has 4 heterocycles. The maximum atomic E-state index is 12.7. The fourth-order valence-electron chi connectivity index (χ4n) is 3.44. The Morgan fingerprint density at radius 1 is 1.39 bits per heavy atom. The van der Waals surface area contributed by atoms with Crippen LogP contribution in [0.5, 0.6) is 0 Å². The maximum absolute atomic E-state index is 12.7. The average Bonchev–Trinajstić information content (AvgIpc) is 3.55. The first-order chi connectivity index (χ1) is 15.1. The van der Waals surface area contributed by atoms with Crippen molar-refractivity contribution in [2.45, 2.75) is 31.9 Å². The van der Waals surface area contributed by atoms with Gasteiger partial charge in [0, 0.05) is 38.9 Å². The number of anilines is 1. The van der Waals surface area contributed by atoms with Crippen LogP contribution < -0.4 is 10.2 Å². The summed E-state index contributed by atoms with van der Waals surface area (Å²) in [5, 5.41) is 3.41. The predicted octanol–water partition coefficient (Wildman–Crippen LogP) is 2.27. The van der Waals surface area contributed by atoms with E-state index in [1.54, 1.807) is 18.2 Å². The lowest BCUT2D eigenvalue weighted by Gasteiger charge is -2.23. The van der Waals surface area contributed by atoms with Crippen molar-refractivity contribution in [2.24, 2.45) is 0 Å². The molecular weight excluding hydrogens is 418 g/mol. The van der Waals surface area contributed by atoms with Gasteiger partial charge >= 0.3 is 0 Å². The Bertz CT molecular complexity index is 1040. The zero-order chi connectivity index (χ0) is 21.6. The topological polar surface area (TPSA) is 98.1 Å². The van der Waals surface area contributed by atoms with Crippen LogP contribution in [-0.4, -0.2) is 59.2 Å². The van der Waals surface area contributed by atoms with E-state index in [2.05, 4.69) is 15.3 Å². The van der Waals surface area contributed by atoms with Gasteiger partial charge in [0.2, 0.25) is 5.91 Å². The van der Waals surface area contributed by atoms with E-state index in [4.69, 9.17) is 9.47 Å². The van der Waals surface area contributed by atoms with Crippen molar-refractivity contribution in [3.63, 3.8) is 0 Å². The van der Waals surface area contributed by atoms with E-state index in [0.29, 0.717) is 36.3 Å². The highest BCUT2D eigenvalue weighted by molar-refractivity contribution is 7.17. The Hall–Kier alpha value is -2.82. The molecule has 9 nitrogen and oxygen atoms in total. The highest BCUT2D eigenvalue weighted by Gasteiger charge is 2.26. The van der Waals surface area contributed by atoms with Crippen molar-refractivity contribution in [3.05, 3.63) is 47.4 Å². The van der Waals surface area contributed by atoms with Gasteiger partial charge in [0.1, 0.15) is 10.5 Å². The number of carbonyl (C=O) groups excluding carboxylic acids is 2. The van der Waals surface area contributed by atoms with Crippen LogP contribution in [0.1, 0.15) is 34.5 Å². The number of aromatic nitrogens is 3. The van der Waals surface area contributed by atoms with Crippen molar-refractivity contribution in [3.8, 4) is 0 Å². The number of hydrogen-bond acceptors (Lipinski definition) is 7. The molecule has 1 atom stereocenters. The molecule has 0 saturated carbocycles. The normalized spacial score (nSPS) is 16.0. The third-order valence-corrected chi connectivity index (χ3v) is 6.10. The van der Waals surface area contributed by atoms with Crippen molar-refractivity contribution >= 4 is 33.9 Å². The number of imidazole rings is 1. The molecule has 1 N–H and O–H groups in total. The Morgan fingerprint density at radius 3 is 3.10 bits per heavy atom. The summed E-state index contributed by atoms with van der Waals surface area (Å²) >= 11 is 1.20. The standard InChI is InChI=1S/C21H25N5O4S/c1-29-10-6-19(27)26(14-16-3-2-9-30-16)21-24-12-17(31-21)20(28)23-11-15-4-5-18-22-7-8-25(18)13-15/h4-5,7-8,12-13,16H,2-3,6,9-11,14H2,1H3,(H,23,28)/t16-/m0/s1. The molecule has 3 aromatic rings. The first-order valence-electron chi connectivity index (χ1n) is 10.2. The number of carbonyl (C=O) groups is 2. The number of nitrogens with zero attached hydrogens (tertiary/aromatic N) is 4. The van der Waals surface area contributed by atoms with Gasteiger partial charge in [0.15, 0.2) is 5.13 Å². The molecule has 1 aliphatic rings. The van der Waals surface area contributed by atoms with Gasteiger partial charge in [-0.2, -0.15) is 0 Å². The van der Waals surface area contributed by atoms with Crippen LogP contribution in [0.4, 0.5) is 5.13 Å². The zero-order valence-corrected chi connectivity index (χ0v) is 18.1. The van der Waals surface area contributed by atoms with Crippen LogP contribution >= 0.6 is 11.3 Å². The SMILES string of the molecule is COCCC(=O)N(C[C@@H]1CCCO1)c1ncc(C(=O)NCc2ccc3nccn3c2)s1. The average molecular weight is 444 g/mol. The molecule has 1 fully saturated rings. The predicted molar refractivity (Wildman–Crippen MR) is 116 cm³/mol. The molecule has 2 amide bonds. The van der Waals surface area contributed by atoms with Crippen LogP contribution in [0.25, 0.3) is 5.65 Å². The quantitative estimate of drug-likeness (QED) is 0.545. The summed E-state index contributed by atoms with van der Waals surface area (Å²) in [6.45, 7) is 1.86. The summed E-state index contributed by atoms with van der Waals surface area (Å²) in [7, 11) is 1.56. The number of fused-ring (bicyclic) bond motifs is 1. The van der Waals surface area contributed by atoms with Gasteiger partial charge in [-0.1, -0.05) is 17.4 Å².